The third-order valence-corrected chi connectivity index (χ3v) is 15.0. The van der Waals surface area contributed by atoms with Crippen molar-refractivity contribution in [3.8, 4) is 0 Å². The van der Waals surface area contributed by atoms with E-state index < -0.39 is 57.8 Å². The first kappa shape index (κ1) is 73.7. The number of allylic oxidation sites excluding steroid dienone is 6. The molecule has 2 N–H and O–H groups in total. The second-order valence-electron chi connectivity index (χ2n) is 21.6. The van der Waals surface area contributed by atoms with E-state index in [1.165, 1.54) is 180 Å². The summed E-state index contributed by atoms with van der Waals surface area (Å²) in [4.78, 5) is 48.7. The van der Waals surface area contributed by atoms with Crippen molar-refractivity contribution in [3.63, 3.8) is 0 Å². The van der Waals surface area contributed by atoms with E-state index in [9.17, 15) is 28.9 Å². The monoisotopic (exact) mass is 1090 g/mol. The molecule has 0 aromatic heterocycles. The average Bonchev–Trinajstić information content (AvgIpc) is 3.41. The molecular formula is C64H119O11P. The van der Waals surface area contributed by atoms with Crippen LogP contribution in [-0.2, 0) is 42.2 Å². The number of esters is 3. The molecule has 76 heavy (non-hydrogen) atoms. The lowest BCUT2D eigenvalue weighted by molar-refractivity contribution is -0.161. The van der Waals surface area contributed by atoms with E-state index in [-0.39, 0.29) is 25.9 Å². The van der Waals surface area contributed by atoms with Gasteiger partial charge in [-0.05, 0) is 77.0 Å². The summed E-state index contributed by atoms with van der Waals surface area (Å²) in [5.41, 5.74) is 0. The number of ether oxygens (including phenoxy) is 3. The molecule has 0 aliphatic carbocycles. The van der Waals surface area contributed by atoms with Gasteiger partial charge in [0, 0.05) is 19.3 Å². The molecule has 0 rings (SSSR count). The number of hydrogen-bond acceptors (Lipinski definition) is 10. The summed E-state index contributed by atoms with van der Waals surface area (Å²) in [7, 11) is -4.75. The van der Waals surface area contributed by atoms with E-state index in [2.05, 4.69) is 57.2 Å². The molecule has 3 atom stereocenters. The van der Waals surface area contributed by atoms with Gasteiger partial charge in [-0.3, -0.25) is 23.4 Å². The molecule has 11 nitrogen and oxygen atoms in total. The van der Waals surface area contributed by atoms with Gasteiger partial charge in [0.15, 0.2) is 6.10 Å². The Bertz CT molecular complexity index is 1420. The summed E-state index contributed by atoms with van der Waals surface area (Å²) < 4.78 is 39.7. The second kappa shape index (κ2) is 58.8. The zero-order valence-electron chi connectivity index (χ0n) is 49.5. The summed E-state index contributed by atoms with van der Waals surface area (Å²) in [6, 6.07) is 0. The molecule has 0 radical (unpaired) electrons. The summed E-state index contributed by atoms with van der Waals surface area (Å²) in [6.07, 6.45) is 62.3. The SMILES string of the molecule is CCCCC/C=C\C/C=C\CCCCCCCCCC(=O)OC(CO)COP(=O)(O)OCC(COC(=O)CCCCCCCCCCCCCCC)OC(=O)CCCCCCCCCCC/C=C\CCCCCCCC. The van der Waals surface area contributed by atoms with Crippen LogP contribution in [0.1, 0.15) is 316 Å². The minimum absolute atomic E-state index is 0.169. The van der Waals surface area contributed by atoms with Gasteiger partial charge in [0.2, 0.25) is 0 Å². The summed E-state index contributed by atoms with van der Waals surface area (Å²) in [5.74, 6) is -1.45. The van der Waals surface area contributed by atoms with E-state index in [1.807, 2.05) is 0 Å². The van der Waals surface area contributed by atoms with Crippen LogP contribution < -0.4 is 0 Å². The van der Waals surface area contributed by atoms with Gasteiger partial charge >= 0.3 is 25.7 Å². The van der Waals surface area contributed by atoms with E-state index in [0.717, 1.165) is 77.0 Å². The average molecular weight is 1100 g/mol. The molecule has 0 aliphatic rings. The van der Waals surface area contributed by atoms with Gasteiger partial charge in [-0.2, -0.15) is 0 Å². The minimum atomic E-state index is -4.75. The first-order chi connectivity index (χ1) is 37.2. The molecule has 0 spiro atoms. The van der Waals surface area contributed by atoms with E-state index in [1.54, 1.807) is 0 Å². The summed E-state index contributed by atoms with van der Waals surface area (Å²) in [5, 5.41) is 9.84. The summed E-state index contributed by atoms with van der Waals surface area (Å²) >= 11 is 0. The predicted molar refractivity (Wildman–Crippen MR) is 316 cm³/mol. The van der Waals surface area contributed by atoms with Crippen molar-refractivity contribution >= 4 is 25.7 Å². The van der Waals surface area contributed by atoms with Crippen LogP contribution >= 0.6 is 7.82 Å². The van der Waals surface area contributed by atoms with Crippen molar-refractivity contribution in [2.75, 3.05) is 26.4 Å². The maximum absolute atomic E-state index is 12.9. The molecule has 0 bridgehead atoms. The highest BCUT2D eigenvalue weighted by Gasteiger charge is 2.28. The van der Waals surface area contributed by atoms with Crippen LogP contribution in [0.25, 0.3) is 0 Å². The maximum Gasteiger partial charge on any atom is 0.472 e. The normalized spacial score (nSPS) is 13.5. The van der Waals surface area contributed by atoms with Crippen molar-refractivity contribution in [3.05, 3.63) is 36.5 Å². The van der Waals surface area contributed by atoms with Gasteiger partial charge < -0.3 is 24.2 Å². The van der Waals surface area contributed by atoms with Gasteiger partial charge in [-0.1, -0.05) is 256 Å². The number of aliphatic hydroxyl groups is 1. The molecule has 0 aromatic rings. The first-order valence-corrected chi connectivity index (χ1v) is 33.4. The lowest BCUT2D eigenvalue weighted by Crippen LogP contribution is -2.30. The largest absolute Gasteiger partial charge is 0.472 e. The number of unbranched alkanes of at least 4 members (excludes halogenated alkanes) is 37. The lowest BCUT2D eigenvalue weighted by Gasteiger charge is -2.21. The fraction of sp³-hybridized carbons (Fsp3) is 0.859. The van der Waals surface area contributed by atoms with Crippen molar-refractivity contribution in [2.24, 2.45) is 0 Å². The molecule has 0 heterocycles. The molecule has 0 fully saturated rings. The van der Waals surface area contributed by atoms with Gasteiger partial charge in [-0.25, -0.2) is 4.57 Å². The number of carbonyl (C=O) groups excluding carboxylic acids is 3. The van der Waals surface area contributed by atoms with Crippen LogP contribution in [-0.4, -0.2) is 66.5 Å². The van der Waals surface area contributed by atoms with Crippen LogP contribution in [0.15, 0.2) is 36.5 Å². The maximum atomic E-state index is 12.9. The Morgan fingerprint density at radius 2 is 0.645 bits per heavy atom. The third kappa shape index (κ3) is 56.4. The van der Waals surface area contributed by atoms with Gasteiger partial charge in [0.1, 0.15) is 12.7 Å². The highest BCUT2D eigenvalue weighted by atomic mass is 31.2. The highest BCUT2D eigenvalue weighted by Crippen LogP contribution is 2.43. The summed E-state index contributed by atoms with van der Waals surface area (Å²) in [6.45, 7) is 4.67. The van der Waals surface area contributed by atoms with Gasteiger partial charge in [-0.15, -0.1) is 0 Å². The first-order valence-electron chi connectivity index (χ1n) is 31.9. The molecule has 0 saturated heterocycles. The van der Waals surface area contributed by atoms with E-state index in [4.69, 9.17) is 23.3 Å². The van der Waals surface area contributed by atoms with Crippen LogP contribution in [0, 0.1) is 0 Å². The molecular weight excluding hydrogens is 976 g/mol. The number of phosphoric acid groups is 1. The van der Waals surface area contributed by atoms with Gasteiger partial charge in [0.05, 0.1) is 19.8 Å². The lowest BCUT2D eigenvalue weighted by atomic mass is 10.0. The van der Waals surface area contributed by atoms with E-state index >= 15 is 0 Å². The Kier molecular flexibility index (Phi) is 57.1. The van der Waals surface area contributed by atoms with Crippen LogP contribution in [0.5, 0.6) is 0 Å². The minimum Gasteiger partial charge on any atom is -0.462 e. The number of carbonyl (C=O) groups is 3. The number of rotatable bonds is 60. The molecule has 0 saturated carbocycles. The third-order valence-electron chi connectivity index (χ3n) is 14.0. The Hall–Kier alpha value is -2.30. The Morgan fingerprint density at radius 1 is 0.368 bits per heavy atom. The van der Waals surface area contributed by atoms with Crippen LogP contribution in [0.4, 0.5) is 0 Å². The molecule has 446 valence electrons. The van der Waals surface area contributed by atoms with Crippen molar-refractivity contribution in [1.82, 2.24) is 0 Å². The van der Waals surface area contributed by atoms with Crippen molar-refractivity contribution < 1.29 is 52.2 Å². The molecule has 12 heteroatoms. The van der Waals surface area contributed by atoms with Crippen molar-refractivity contribution in [1.29, 1.82) is 0 Å². The highest BCUT2D eigenvalue weighted by molar-refractivity contribution is 7.47. The number of aliphatic hydroxyl groups excluding tert-OH is 1. The predicted octanol–water partition coefficient (Wildman–Crippen LogP) is 19.2. The zero-order valence-corrected chi connectivity index (χ0v) is 50.4. The molecule has 0 aromatic carbocycles. The standard InChI is InChI=1S/C64H119O11P/c1-4-7-10-13-16-19-22-25-27-29-30-32-34-37-40-43-46-49-52-55-64(68)75-61(57-71-62(66)53-50-47-44-41-38-35-24-21-18-15-12-9-6-3)59-73-76(69,70)72-58-60(56-65)74-63(67)54-51-48-45-42-39-36-33-31-28-26-23-20-17-14-11-8-5-2/h17,20,25-28,60-61,65H,4-16,18-19,21-24,29-59H2,1-3H3,(H,69,70)/b20-17-,27-25-,28-26-. The van der Waals surface area contributed by atoms with Gasteiger partial charge in [0.25, 0.3) is 0 Å². The fourth-order valence-corrected chi connectivity index (χ4v) is 9.93. The van der Waals surface area contributed by atoms with Crippen LogP contribution in [0.3, 0.4) is 0 Å². The Labute approximate surface area is 467 Å². The topological polar surface area (TPSA) is 155 Å². The quantitative estimate of drug-likeness (QED) is 0.0197. The van der Waals surface area contributed by atoms with Crippen LogP contribution in [0.2, 0.25) is 0 Å². The fourth-order valence-electron chi connectivity index (χ4n) is 9.15. The number of hydrogen-bond donors (Lipinski definition) is 2. The van der Waals surface area contributed by atoms with Crippen molar-refractivity contribution in [2.45, 2.75) is 328 Å². The van der Waals surface area contributed by atoms with E-state index in [0.29, 0.717) is 19.3 Å². The smallest absolute Gasteiger partial charge is 0.462 e. The molecule has 0 amide bonds. The number of phosphoric ester groups is 1. The Morgan fingerprint density at radius 3 is 1.01 bits per heavy atom. The second-order valence-corrected chi connectivity index (χ2v) is 23.0. The zero-order chi connectivity index (χ0) is 55.5. The molecule has 0 aliphatic heterocycles. The molecule has 3 unspecified atom stereocenters. The Balaban J connectivity index is 4.65.